The fourth-order valence-corrected chi connectivity index (χ4v) is 1.61. The molecule has 1 aromatic heterocycles. The van der Waals surface area contributed by atoms with Crippen LogP contribution >= 0.6 is 0 Å². The first-order valence-electron chi connectivity index (χ1n) is 5.64. The second kappa shape index (κ2) is 5.35. The van der Waals surface area contributed by atoms with Crippen LogP contribution in [0.2, 0.25) is 0 Å². The Kier molecular flexibility index (Phi) is 3.62. The topological polar surface area (TPSA) is 67.0 Å². The predicted octanol–water partition coefficient (Wildman–Crippen LogP) is 2.04. The van der Waals surface area contributed by atoms with Gasteiger partial charge < -0.3 is 9.72 Å². The van der Waals surface area contributed by atoms with Crippen LogP contribution in [0.3, 0.4) is 0 Å². The lowest BCUT2D eigenvalue weighted by molar-refractivity contribution is -0.118. The van der Waals surface area contributed by atoms with E-state index in [0.29, 0.717) is 5.95 Å². The SMILES string of the molecule is Cc1ccc(OCC(=O)Nc2ncc[nH]2)c(C)c1. The van der Waals surface area contributed by atoms with E-state index >= 15 is 0 Å². The Hall–Kier alpha value is -2.30. The standard InChI is InChI=1S/C13H15N3O2/c1-9-3-4-11(10(2)7-9)18-8-12(17)16-13-14-5-6-15-13/h3-7H,8H2,1-2H3,(H2,14,15,16,17). The third-order valence-corrected chi connectivity index (χ3v) is 2.45. The number of nitrogens with one attached hydrogen (secondary N) is 2. The number of ether oxygens (including phenoxy) is 1. The summed E-state index contributed by atoms with van der Waals surface area (Å²) in [6.45, 7) is 3.93. The zero-order chi connectivity index (χ0) is 13.0. The van der Waals surface area contributed by atoms with Gasteiger partial charge in [0.25, 0.3) is 5.91 Å². The highest BCUT2D eigenvalue weighted by Gasteiger charge is 2.06. The quantitative estimate of drug-likeness (QED) is 0.866. The van der Waals surface area contributed by atoms with E-state index in [1.807, 2.05) is 32.0 Å². The Balaban J connectivity index is 1.89. The molecule has 0 unspecified atom stereocenters. The van der Waals surface area contributed by atoms with Crippen molar-refractivity contribution >= 4 is 11.9 Å². The van der Waals surface area contributed by atoms with E-state index < -0.39 is 0 Å². The number of nitrogens with zero attached hydrogens (tertiary/aromatic N) is 1. The Morgan fingerprint density at radius 2 is 2.28 bits per heavy atom. The van der Waals surface area contributed by atoms with Gasteiger partial charge in [-0.25, -0.2) is 4.98 Å². The number of aryl methyl sites for hydroxylation is 2. The number of carbonyl (C=O) groups is 1. The number of H-pyrrole nitrogens is 1. The molecule has 5 nitrogen and oxygen atoms in total. The van der Waals surface area contributed by atoms with Crippen molar-refractivity contribution in [2.24, 2.45) is 0 Å². The lowest BCUT2D eigenvalue weighted by atomic mass is 10.1. The first-order valence-corrected chi connectivity index (χ1v) is 5.64. The van der Waals surface area contributed by atoms with Crippen molar-refractivity contribution in [3.05, 3.63) is 41.7 Å². The van der Waals surface area contributed by atoms with Gasteiger partial charge in [-0.05, 0) is 25.5 Å². The molecule has 2 aromatic rings. The zero-order valence-corrected chi connectivity index (χ0v) is 10.4. The molecule has 0 radical (unpaired) electrons. The molecule has 0 fully saturated rings. The summed E-state index contributed by atoms with van der Waals surface area (Å²) < 4.78 is 5.45. The molecular weight excluding hydrogens is 230 g/mol. The Morgan fingerprint density at radius 3 is 2.94 bits per heavy atom. The summed E-state index contributed by atoms with van der Waals surface area (Å²) >= 11 is 0. The third-order valence-electron chi connectivity index (χ3n) is 2.45. The molecule has 0 atom stereocenters. The summed E-state index contributed by atoms with van der Waals surface area (Å²) in [7, 11) is 0. The molecule has 0 saturated carbocycles. The van der Waals surface area contributed by atoms with Crippen LogP contribution in [0, 0.1) is 13.8 Å². The third kappa shape index (κ3) is 3.10. The maximum Gasteiger partial charge on any atom is 0.264 e. The van der Waals surface area contributed by atoms with E-state index in [1.165, 1.54) is 5.56 Å². The molecule has 0 bridgehead atoms. The molecule has 0 aliphatic rings. The van der Waals surface area contributed by atoms with Crippen molar-refractivity contribution in [2.75, 3.05) is 11.9 Å². The van der Waals surface area contributed by atoms with Gasteiger partial charge in [0.15, 0.2) is 6.61 Å². The van der Waals surface area contributed by atoms with Gasteiger partial charge in [-0.15, -0.1) is 0 Å². The monoisotopic (exact) mass is 245 g/mol. The summed E-state index contributed by atoms with van der Waals surface area (Å²) in [5, 5.41) is 2.59. The van der Waals surface area contributed by atoms with Crippen molar-refractivity contribution in [2.45, 2.75) is 13.8 Å². The van der Waals surface area contributed by atoms with E-state index in [1.54, 1.807) is 12.4 Å². The van der Waals surface area contributed by atoms with Crippen LogP contribution in [0.1, 0.15) is 11.1 Å². The number of rotatable bonds is 4. The highest BCUT2D eigenvalue weighted by atomic mass is 16.5. The van der Waals surface area contributed by atoms with Crippen molar-refractivity contribution in [3.63, 3.8) is 0 Å². The van der Waals surface area contributed by atoms with Gasteiger partial charge in [-0.1, -0.05) is 17.7 Å². The van der Waals surface area contributed by atoms with E-state index in [0.717, 1.165) is 11.3 Å². The molecule has 0 saturated heterocycles. The van der Waals surface area contributed by atoms with Crippen molar-refractivity contribution < 1.29 is 9.53 Å². The average Bonchev–Trinajstić information content (AvgIpc) is 2.80. The molecule has 94 valence electrons. The Labute approximate surface area is 105 Å². The number of carbonyl (C=O) groups excluding carboxylic acids is 1. The second-order valence-corrected chi connectivity index (χ2v) is 4.04. The Morgan fingerprint density at radius 1 is 1.44 bits per heavy atom. The maximum absolute atomic E-state index is 11.6. The summed E-state index contributed by atoms with van der Waals surface area (Å²) in [6.07, 6.45) is 3.21. The van der Waals surface area contributed by atoms with E-state index in [9.17, 15) is 4.79 Å². The van der Waals surface area contributed by atoms with Crippen LogP contribution < -0.4 is 10.1 Å². The molecule has 2 N–H and O–H groups in total. The normalized spacial score (nSPS) is 10.1. The molecule has 5 heteroatoms. The van der Waals surface area contributed by atoms with Crippen LogP contribution in [0.4, 0.5) is 5.95 Å². The molecular formula is C13H15N3O2. The minimum absolute atomic E-state index is 0.0371. The molecule has 18 heavy (non-hydrogen) atoms. The van der Waals surface area contributed by atoms with Gasteiger partial charge in [0.1, 0.15) is 5.75 Å². The summed E-state index contributed by atoms with van der Waals surface area (Å²) in [5.41, 5.74) is 2.18. The summed E-state index contributed by atoms with van der Waals surface area (Å²) in [5.74, 6) is 0.893. The number of hydrogen-bond donors (Lipinski definition) is 2. The first-order chi connectivity index (χ1) is 8.65. The number of aromatic amines is 1. The minimum atomic E-state index is -0.245. The van der Waals surface area contributed by atoms with Crippen LogP contribution in [0.25, 0.3) is 0 Å². The van der Waals surface area contributed by atoms with Gasteiger partial charge in [0.2, 0.25) is 5.95 Å². The predicted molar refractivity (Wildman–Crippen MR) is 68.6 cm³/mol. The highest BCUT2D eigenvalue weighted by Crippen LogP contribution is 2.18. The molecule has 1 heterocycles. The van der Waals surface area contributed by atoms with Crippen molar-refractivity contribution in [1.82, 2.24) is 9.97 Å². The van der Waals surface area contributed by atoms with Crippen LogP contribution in [0.15, 0.2) is 30.6 Å². The number of benzene rings is 1. The highest BCUT2D eigenvalue weighted by molar-refractivity contribution is 5.90. The van der Waals surface area contributed by atoms with Crippen LogP contribution in [-0.2, 0) is 4.79 Å². The average molecular weight is 245 g/mol. The van der Waals surface area contributed by atoms with Gasteiger partial charge >= 0.3 is 0 Å². The van der Waals surface area contributed by atoms with Crippen molar-refractivity contribution in [1.29, 1.82) is 0 Å². The largest absolute Gasteiger partial charge is 0.483 e. The lowest BCUT2D eigenvalue weighted by Gasteiger charge is -2.09. The maximum atomic E-state index is 11.6. The number of hydrogen-bond acceptors (Lipinski definition) is 3. The van der Waals surface area contributed by atoms with Crippen molar-refractivity contribution in [3.8, 4) is 5.75 Å². The number of anilines is 1. The zero-order valence-electron chi connectivity index (χ0n) is 10.4. The summed E-state index contributed by atoms with van der Waals surface area (Å²) in [4.78, 5) is 18.2. The molecule has 0 aliphatic carbocycles. The molecule has 1 amide bonds. The minimum Gasteiger partial charge on any atom is -0.483 e. The van der Waals surface area contributed by atoms with Gasteiger partial charge in [0, 0.05) is 12.4 Å². The first kappa shape index (κ1) is 12.2. The number of amides is 1. The molecule has 0 aliphatic heterocycles. The number of aromatic nitrogens is 2. The van der Waals surface area contributed by atoms with Gasteiger partial charge in [-0.3, -0.25) is 10.1 Å². The van der Waals surface area contributed by atoms with E-state index in [4.69, 9.17) is 4.74 Å². The van der Waals surface area contributed by atoms with E-state index in [-0.39, 0.29) is 12.5 Å². The summed E-state index contributed by atoms with van der Waals surface area (Å²) in [6, 6.07) is 5.83. The van der Waals surface area contributed by atoms with Gasteiger partial charge in [-0.2, -0.15) is 0 Å². The smallest absolute Gasteiger partial charge is 0.264 e. The lowest BCUT2D eigenvalue weighted by Crippen LogP contribution is -2.21. The van der Waals surface area contributed by atoms with Crippen LogP contribution in [0.5, 0.6) is 5.75 Å². The fourth-order valence-electron chi connectivity index (χ4n) is 1.61. The van der Waals surface area contributed by atoms with Gasteiger partial charge in [0.05, 0.1) is 0 Å². The Bertz CT molecular complexity index is 535. The van der Waals surface area contributed by atoms with E-state index in [2.05, 4.69) is 15.3 Å². The number of imidazole rings is 1. The fraction of sp³-hybridized carbons (Fsp3) is 0.231. The molecule has 1 aromatic carbocycles. The molecule has 0 spiro atoms. The second-order valence-electron chi connectivity index (χ2n) is 4.04. The van der Waals surface area contributed by atoms with Crippen LogP contribution in [-0.4, -0.2) is 22.5 Å². The molecule has 2 rings (SSSR count).